The average molecular weight is 466 g/mol. The van der Waals surface area contributed by atoms with Crippen LogP contribution in [-0.4, -0.2) is 29.7 Å². The Bertz CT molecular complexity index is 1020. The van der Waals surface area contributed by atoms with Crippen LogP contribution in [0.15, 0.2) is 41.4 Å². The molecular formula is C23H23ClF3N3O2. The number of amides is 2. The van der Waals surface area contributed by atoms with Crippen LogP contribution in [0.3, 0.4) is 0 Å². The molecule has 2 aromatic carbocycles. The van der Waals surface area contributed by atoms with E-state index in [9.17, 15) is 22.8 Å². The Morgan fingerprint density at radius 2 is 1.75 bits per heavy atom. The van der Waals surface area contributed by atoms with Gasteiger partial charge in [0.2, 0.25) is 5.91 Å². The summed E-state index contributed by atoms with van der Waals surface area (Å²) < 4.78 is 40.5. The minimum Gasteiger partial charge on any atom is -0.354 e. The van der Waals surface area contributed by atoms with Gasteiger partial charge in [0.15, 0.2) is 11.6 Å². The second-order valence-electron chi connectivity index (χ2n) is 7.82. The van der Waals surface area contributed by atoms with Crippen LogP contribution < -0.4 is 10.6 Å². The number of halogens is 4. The van der Waals surface area contributed by atoms with Gasteiger partial charge in [-0.05, 0) is 67.6 Å². The van der Waals surface area contributed by atoms with Gasteiger partial charge in [-0.2, -0.15) is 0 Å². The molecule has 0 atom stereocenters. The predicted molar refractivity (Wildman–Crippen MR) is 116 cm³/mol. The largest absolute Gasteiger partial charge is 0.354 e. The van der Waals surface area contributed by atoms with Crippen LogP contribution in [0, 0.1) is 17.5 Å². The molecule has 2 N–H and O–H groups in total. The molecule has 0 bridgehead atoms. The molecular weight excluding hydrogens is 443 g/mol. The smallest absolute Gasteiger partial charge is 0.256 e. The zero-order valence-corrected chi connectivity index (χ0v) is 18.2. The maximum absolute atomic E-state index is 13.8. The van der Waals surface area contributed by atoms with E-state index in [1.807, 2.05) is 0 Å². The summed E-state index contributed by atoms with van der Waals surface area (Å²) in [5, 5.41) is 5.75. The summed E-state index contributed by atoms with van der Waals surface area (Å²) >= 11 is 5.94. The molecule has 5 nitrogen and oxygen atoms in total. The number of carbonyl (C=O) groups is 2. The topological polar surface area (TPSA) is 70.6 Å². The molecule has 2 amide bonds. The van der Waals surface area contributed by atoms with Crippen molar-refractivity contribution >= 4 is 29.3 Å². The number of rotatable bonds is 5. The molecule has 170 valence electrons. The lowest BCUT2D eigenvalue weighted by Gasteiger charge is -2.27. The van der Waals surface area contributed by atoms with Gasteiger partial charge >= 0.3 is 0 Å². The van der Waals surface area contributed by atoms with E-state index in [2.05, 4.69) is 15.6 Å². The third-order valence-electron chi connectivity index (χ3n) is 5.18. The molecule has 32 heavy (non-hydrogen) atoms. The molecule has 0 aromatic heterocycles. The van der Waals surface area contributed by atoms with Crippen molar-refractivity contribution in [2.75, 3.05) is 0 Å². The first-order valence-corrected chi connectivity index (χ1v) is 10.6. The van der Waals surface area contributed by atoms with Gasteiger partial charge in [-0.3, -0.25) is 14.6 Å². The van der Waals surface area contributed by atoms with Crippen molar-refractivity contribution in [3.63, 3.8) is 0 Å². The van der Waals surface area contributed by atoms with E-state index in [0.717, 1.165) is 25.0 Å². The van der Waals surface area contributed by atoms with Crippen LogP contribution in [0.4, 0.5) is 13.2 Å². The second kappa shape index (κ2) is 10.6. The number of hydrogen-bond acceptors (Lipinski definition) is 3. The van der Waals surface area contributed by atoms with E-state index in [4.69, 9.17) is 11.6 Å². The van der Waals surface area contributed by atoms with Crippen molar-refractivity contribution in [1.29, 1.82) is 0 Å². The number of nitrogens with zero attached hydrogens (tertiary/aromatic N) is 1. The number of amidine groups is 1. The van der Waals surface area contributed by atoms with E-state index in [0.29, 0.717) is 18.4 Å². The maximum Gasteiger partial charge on any atom is 0.256 e. The molecule has 0 unspecified atom stereocenters. The van der Waals surface area contributed by atoms with Crippen molar-refractivity contribution in [1.82, 2.24) is 10.6 Å². The molecule has 0 heterocycles. The fourth-order valence-electron chi connectivity index (χ4n) is 3.73. The summed E-state index contributed by atoms with van der Waals surface area (Å²) in [4.78, 5) is 28.5. The third-order valence-corrected chi connectivity index (χ3v) is 5.39. The average Bonchev–Trinajstić information content (AvgIpc) is 2.70. The monoisotopic (exact) mass is 465 g/mol. The van der Waals surface area contributed by atoms with Gasteiger partial charge in [0.25, 0.3) is 5.91 Å². The summed E-state index contributed by atoms with van der Waals surface area (Å²) in [6.07, 6.45) is 2.96. The standard InChI is InChI=1S/C23H23ClF3N3O2/c1-13(31)28-18-3-5-19(6-4-18)29-22(10-14-8-16(24)12-17(25)9-14)30-23(32)15-2-7-20(26)21(27)11-15/h2,7-9,11-12,18-19H,3-6,10H2,1H3,(H,28,31)(H,29,30,32). The first kappa shape index (κ1) is 23.8. The predicted octanol–water partition coefficient (Wildman–Crippen LogP) is 4.58. The Morgan fingerprint density at radius 1 is 1.03 bits per heavy atom. The van der Waals surface area contributed by atoms with E-state index in [-0.39, 0.29) is 40.8 Å². The first-order chi connectivity index (χ1) is 15.2. The van der Waals surface area contributed by atoms with Crippen LogP contribution in [-0.2, 0) is 11.2 Å². The van der Waals surface area contributed by atoms with E-state index >= 15 is 0 Å². The highest BCUT2D eigenvalue weighted by Gasteiger charge is 2.22. The van der Waals surface area contributed by atoms with Crippen LogP contribution in [0.5, 0.6) is 0 Å². The summed E-state index contributed by atoms with van der Waals surface area (Å²) in [7, 11) is 0. The molecule has 0 spiro atoms. The van der Waals surface area contributed by atoms with Gasteiger partial charge in [-0.15, -0.1) is 0 Å². The highest BCUT2D eigenvalue weighted by atomic mass is 35.5. The lowest BCUT2D eigenvalue weighted by atomic mass is 9.91. The van der Waals surface area contributed by atoms with Crippen molar-refractivity contribution in [2.45, 2.75) is 51.1 Å². The molecule has 0 saturated heterocycles. The normalized spacial score (nSPS) is 18.8. The molecule has 3 rings (SSSR count). The zero-order chi connectivity index (χ0) is 23.3. The van der Waals surface area contributed by atoms with E-state index < -0.39 is 23.4 Å². The molecule has 1 aliphatic carbocycles. The Kier molecular flexibility index (Phi) is 7.90. The van der Waals surface area contributed by atoms with Gasteiger partial charge in [-0.25, -0.2) is 13.2 Å². The number of hydrogen-bond donors (Lipinski definition) is 2. The molecule has 2 aromatic rings. The van der Waals surface area contributed by atoms with Crippen molar-refractivity contribution in [3.05, 3.63) is 70.0 Å². The Labute approximate surface area is 189 Å². The summed E-state index contributed by atoms with van der Waals surface area (Å²) in [5.41, 5.74) is 0.439. The van der Waals surface area contributed by atoms with Crippen LogP contribution in [0.2, 0.25) is 5.02 Å². The van der Waals surface area contributed by atoms with Gasteiger partial charge in [0.1, 0.15) is 11.7 Å². The molecule has 9 heteroatoms. The molecule has 1 fully saturated rings. The minimum absolute atomic E-state index is 0.0664. The van der Waals surface area contributed by atoms with Gasteiger partial charge in [-0.1, -0.05) is 11.6 Å². The molecule has 0 radical (unpaired) electrons. The zero-order valence-electron chi connectivity index (χ0n) is 17.4. The highest BCUT2D eigenvalue weighted by molar-refractivity contribution is 6.30. The van der Waals surface area contributed by atoms with Crippen molar-refractivity contribution in [3.8, 4) is 0 Å². The number of carbonyl (C=O) groups excluding carboxylic acids is 2. The van der Waals surface area contributed by atoms with Crippen molar-refractivity contribution < 1.29 is 22.8 Å². The van der Waals surface area contributed by atoms with Gasteiger partial charge in [0.05, 0.1) is 6.04 Å². The van der Waals surface area contributed by atoms with Gasteiger partial charge in [0, 0.05) is 30.0 Å². The molecule has 1 aliphatic rings. The second-order valence-corrected chi connectivity index (χ2v) is 8.26. The molecule has 0 aliphatic heterocycles. The number of nitrogens with one attached hydrogen (secondary N) is 2. The quantitative estimate of drug-likeness (QED) is 0.501. The Balaban J connectivity index is 1.79. The summed E-state index contributed by atoms with van der Waals surface area (Å²) in [6.45, 7) is 1.47. The first-order valence-electron chi connectivity index (χ1n) is 10.2. The van der Waals surface area contributed by atoms with Gasteiger partial charge < -0.3 is 10.6 Å². The lowest BCUT2D eigenvalue weighted by Crippen LogP contribution is -2.38. The van der Waals surface area contributed by atoms with E-state index in [1.165, 1.54) is 25.1 Å². The van der Waals surface area contributed by atoms with Crippen molar-refractivity contribution in [2.24, 2.45) is 4.99 Å². The maximum atomic E-state index is 13.8. The number of aliphatic imine (C=N–C) groups is 1. The summed E-state index contributed by atoms with van der Waals surface area (Å²) in [5.74, 6) is -3.18. The fraction of sp³-hybridized carbons (Fsp3) is 0.348. The van der Waals surface area contributed by atoms with Crippen LogP contribution in [0.1, 0.15) is 48.5 Å². The molecule has 1 saturated carbocycles. The summed E-state index contributed by atoms with van der Waals surface area (Å²) in [6, 6.07) is 6.85. The number of benzene rings is 2. The fourth-order valence-corrected chi connectivity index (χ4v) is 3.97. The Morgan fingerprint density at radius 3 is 2.38 bits per heavy atom. The van der Waals surface area contributed by atoms with E-state index in [1.54, 1.807) is 6.07 Å². The van der Waals surface area contributed by atoms with Crippen LogP contribution >= 0.6 is 11.6 Å². The lowest BCUT2D eigenvalue weighted by molar-refractivity contribution is -0.119. The minimum atomic E-state index is -1.13. The van der Waals surface area contributed by atoms with Crippen LogP contribution in [0.25, 0.3) is 0 Å². The highest BCUT2D eigenvalue weighted by Crippen LogP contribution is 2.22. The SMILES string of the molecule is CC(=O)NC1CCC(N=C(Cc2cc(F)cc(Cl)c2)NC(=O)c2ccc(F)c(F)c2)CC1. The third kappa shape index (κ3) is 6.82. The Hall–Kier alpha value is -2.87.